The first-order chi connectivity index (χ1) is 16.4. The van der Waals surface area contributed by atoms with E-state index in [9.17, 15) is 14.4 Å². The fourth-order valence-corrected chi connectivity index (χ4v) is 4.45. The summed E-state index contributed by atoms with van der Waals surface area (Å²) in [5, 5.41) is 6.36. The van der Waals surface area contributed by atoms with Gasteiger partial charge in [-0.15, -0.1) is 0 Å². The smallest absolute Gasteiger partial charge is 0.253 e. The zero-order chi connectivity index (χ0) is 24.1. The molecule has 3 amide bonds. The maximum absolute atomic E-state index is 13.0. The molecule has 2 aromatic carbocycles. The molecular weight excluding hydrogens is 456 g/mol. The second-order valence-corrected chi connectivity index (χ2v) is 8.94. The number of nitrogens with one attached hydrogen (secondary N) is 2. The molecule has 2 aliphatic heterocycles. The Bertz CT molecular complexity index is 1070. The summed E-state index contributed by atoms with van der Waals surface area (Å²) in [5.41, 5.74) is 2.34. The molecule has 2 N–H and O–H groups in total. The van der Waals surface area contributed by atoms with Gasteiger partial charge in [0.1, 0.15) is 0 Å². The van der Waals surface area contributed by atoms with E-state index >= 15 is 0 Å². The van der Waals surface area contributed by atoms with Gasteiger partial charge in [-0.2, -0.15) is 0 Å². The summed E-state index contributed by atoms with van der Waals surface area (Å²) in [4.78, 5) is 42.3. The molecule has 0 bridgehead atoms. The number of hydrogen-bond donors (Lipinski definition) is 2. The van der Waals surface area contributed by atoms with E-state index in [1.807, 2.05) is 13.0 Å². The Hall–Kier alpha value is -2.94. The van der Waals surface area contributed by atoms with Crippen molar-refractivity contribution in [1.29, 1.82) is 0 Å². The second-order valence-electron chi connectivity index (χ2n) is 8.53. The second kappa shape index (κ2) is 11.0. The number of ether oxygens (including phenoxy) is 1. The quantitative estimate of drug-likeness (QED) is 0.630. The number of carbonyl (C=O) groups excluding carboxylic acids is 3. The first-order valence-electron chi connectivity index (χ1n) is 11.5. The largest absolute Gasteiger partial charge is 0.379 e. The summed E-state index contributed by atoms with van der Waals surface area (Å²) < 4.78 is 5.34. The summed E-state index contributed by atoms with van der Waals surface area (Å²) in [5.74, 6) is -1.19. The lowest BCUT2D eigenvalue weighted by atomic mass is 10.1. The van der Waals surface area contributed by atoms with Crippen LogP contribution in [0.4, 0.5) is 11.4 Å². The molecule has 2 fully saturated rings. The van der Waals surface area contributed by atoms with Crippen molar-refractivity contribution in [2.24, 2.45) is 5.92 Å². The predicted molar refractivity (Wildman–Crippen MR) is 131 cm³/mol. The van der Waals surface area contributed by atoms with Crippen LogP contribution in [0.25, 0.3) is 0 Å². The van der Waals surface area contributed by atoms with Crippen molar-refractivity contribution in [3.05, 3.63) is 58.6 Å². The summed E-state index contributed by atoms with van der Waals surface area (Å²) in [7, 11) is 0. The Morgan fingerprint density at radius 2 is 1.88 bits per heavy atom. The van der Waals surface area contributed by atoms with Crippen LogP contribution < -0.4 is 15.5 Å². The number of para-hydroxylation sites is 1. The van der Waals surface area contributed by atoms with Gasteiger partial charge in [-0.3, -0.25) is 19.3 Å². The molecule has 34 heavy (non-hydrogen) atoms. The molecule has 180 valence electrons. The number of nitrogens with zero attached hydrogens (tertiary/aromatic N) is 2. The van der Waals surface area contributed by atoms with E-state index < -0.39 is 5.92 Å². The van der Waals surface area contributed by atoms with Crippen molar-refractivity contribution in [1.82, 2.24) is 10.2 Å². The van der Waals surface area contributed by atoms with E-state index in [0.717, 1.165) is 25.2 Å². The van der Waals surface area contributed by atoms with Crippen LogP contribution in [0.1, 0.15) is 22.3 Å². The molecule has 1 atom stereocenters. The van der Waals surface area contributed by atoms with Crippen LogP contribution in [0.2, 0.25) is 5.02 Å². The van der Waals surface area contributed by atoms with Crippen LogP contribution in [0.3, 0.4) is 0 Å². The first-order valence-corrected chi connectivity index (χ1v) is 11.9. The minimum atomic E-state index is -0.525. The first kappa shape index (κ1) is 24.2. The van der Waals surface area contributed by atoms with Crippen LogP contribution in [0.15, 0.2) is 42.5 Å². The Labute approximate surface area is 204 Å². The average Bonchev–Trinajstić information content (AvgIpc) is 3.23. The Morgan fingerprint density at radius 3 is 2.68 bits per heavy atom. The van der Waals surface area contributed by atoms with Gasteiger partial charge in [-0.1, -0.05) is 29.8 Å². The van der Waals surface area contributed by atoms with Gasteiger partial charge < -0.3 is 20.3 Å². The molecule has 2 aliphatic rings. The normalized spacial score (nSPS) is 18.7. The summed E-state index contributed by atoms with van der Waals surface area (Å²) in [6, 6.07) is 12.3. The third kappa shape index (κ3) is 5.58. The van der Waals surface area contributed by atoms with Crippen LogP contribution in [0.5, 0.6) is 0 Å². The standard InChI is InChI=1S/C25H29ClN4O4/c1-17-20(26)6-4-8-22(17)30-16-18(15-23(30)31)24(32)28-21-7-3-2-5-19(21)25(33)27-9-10-29-11-13-34-14-12-29/h2-8,18H,9-16H2,1H3,(H,27,33)(H,28,32)/t18-/m0/s1. The number of morpholine rings is 1. The van der Waals surface area contributed by atoms with Crippen molar-refractivity contribution < 1.29 is 19.1 Å². The number of hydrogen-bond acceptors (Lipinski definition) is 5. The topological polar surface area (TPSA) is 91.0 Å². The maximum atomic E-state index is 13.0. The van der Waals surface area contributed by atoms with Gasteiger partial charge in [0.15, 0.2) is 0 Å². The highest BCUT2D eigenvalue weighted by atomic mass is 35.5. The number of anilines is 2. The van der Waals surface area contributed by atoms with E-state index in [1.165, 1.54) is 0 Å². The molecule has 0 aromatic heterocycles. The molecule has 2 saturated heterocycles. The third-order valence-electron chi connectivity index (χ3n) is 6.27. The van der Waals surface area contributed by atoms with Crippen molar-refractivity contribution in [2.75, 3.05) is 56.2 Å². The third-order valence-corrected chi connectivity index (χ3v) is 6.68. The lowest BCUT2D eigenvalue weighted by molar-refractivity contribution is -0.122. The van der Waals surface area contributed by atoms with Crippen LogP contribution >= 0.6 is 11.6 Å². The minimum absolute atomic E-state index is 0.103. The van der Waals surface area contributed by atoms with Crippen molar-refractivity contribution >= 4 is 40.7 Å². The average molecular weight is 485 g/mol. The highest BCUT2D eigenvalue weighted by molar-refractivity contribution is 6.31. The van der Waals surface area contributed by atoms with Crippen molar-refractivity contribution in [3.63, 3.8) is 0 Å². The summed E-state index contributed by atoms with van der Waals surface area (Å²) >= 11 is 6.21. The van der Waals surface area contributed by atoms with Gasteiger partial charge >= 0.3 is 0 Å². The SMILES string of the molecule is Cc1c(Cl)cccc1N1C[C@@H](C(=O)Nc2ccccc2C(=O)NCCN2CCOCC2)CC1=O. The Kier molecular flexibility index (Phi) is 7.82. The summed E-state index contributed by atoms with van der Waals surface area (Å²) in [6.45, 7) is 6.50. The monoisotopic (exact) mass is 484 g/mol. The molecule has 0 spiro atoms. The molecule has 4 rings (SSSR count). The molecule has 0 saturated carbocycles. The molecule has 9 heteroatoms. The van der Waals surface area contributed by atoms with Gasteiger partial charge in [-0.05, 0) is 36.8 Å². The molecule has 2 aromatic rings. The molecule has 0 unspecified atom stereocenters. The van der Waals surface area contributed by atoms with E-state index in [-0.39, 0.29) is 30.7 Å². The fraction of sp³-hybridized carbons (Fsp3) is 0.400. The number of carbonyl (C=O) groups is 3. The van der Waals surface area contributed by atoms with Gasteiger partial charge in [0, 0.05) is 49.9 Å². The van der Waals surface area contributed by atoms with E-state index in [4.69, 9.17) is 16.3 Å². The Balaban J connectivity index is 1.37. The van der Waals surface area contributed by atoms with Gasteiger partial charge in [0.2, 0.25) is 11.8 Å². The van der Waals surface area contributed by atoms with Crippen LogP contribution in [0, 0.1) is 12.8 Å². The predicted octanol–water partition coefficient (Wildman–Crippen LogP) is 2.70. The minimum Gasteiger partial charge on any atom is -0.379 e. The van der Waals surface area contributed by atoms with Gasteiger partial charge in [0.05, 0.1) is 30.4 Å². The molecular formula is C25H29ClN4O4. The number of benzene rings is 2. The van der Waals surface area contributed by atoms with Gasteiger partial charge in [-0.25, -0.2) is 0 Å². The zero-order valence-corrected chi connectivity index (χ0v) is 19.9. The maximum Gasteiger partial charge on any atom is 0.253 e. The molecule has 0 aliphatic carbocycles. The molecule has 2 heterocycles. The fourth-order valence-electron chi connectivity index (χ4n) is 4.28. The van der Waals surface area contributed by atoms with Crippen LogP contribution in [-0.2, 0) is 14.3 Å². The lowest BCUT2D eigenvalue weighted by Gasteiger charge is -2.26. The van der Waals surface area contributed by atoms with Crippen molar-refractivity contribution in [2.45, 2.75) is 13.3 Å². The highest BCUT2D eigenvalue weighted by Crippen LogP contribution is 2.32. The number of rotatable bonds is 7. The van der Waals surface area contributed by atoms with E-state index in [2.05, 4.69) is 15.5 Å². The summed E-state index contributed by atoms with van der Waals surface area (Å²) in [6.07, 6.45) is 0.103. The van der Waals surface area contributed by atoms with E-state index in [1.54, 1.807) is 41.3 Å². The number of halogens is 1. The van der Waals surface area contributed by atoms with Crippen molar-refractivity contribution in [3.8, 4) is 0 Å². The number of amides is 3. The molecule has 0 radical (unpaired) electrons. The molecule has 8 nitrogen and oxygen atoms in total. The Morgan fingerprint density at radius 1 is 1.12 bits per heavy atom. The highest BCUT2D eigenvalue weighted by Gasteiger charge is 2.36. The van der Waals surface area contributed by atoms with E-state index in [0.29, 0.717) is 41.7 Å². The van der Waals surface area contributed by atoms with Gasteiger partial charge in [0.25, 0.3) is 5.91 Å². The zero-order valence-electron chi connectivity index (χ0n) is 19.2. The van der Waals surface area contributed by atoms with Crippen LogP contribution in [-0.4, -0.2) is 68.6 Å². The lowest BCUT2D eigenvalue weighted by Crippen LogP contribution is -2.41.